The Balaban J connectivity index is 2.59. The van der Waals surface area contributed by atoms with E-state index in [1.165, 1.54) is 23.2 Å². The maximum atomic E-state index is 2.52. The van der Waals surface area contributed by atoms with E-state index in [1.807, 2.05) is 0 Å². The van der Waals surface area contributed by atoms with Crippen molar-refractivity contribution in [2.45, 2.75) is 83.0 Å². The van der Waals surface area contributed by atoms with Gasteiger partial charge in [0, 0.05) is 0 Å². The fourth-order valence-electron chi connectivity index (χ4n) is 3.63. The Labute approximate surface area is 101 Å². The van der Waals surface area contributed by atoms with Crippen LogP contribution < -0.4 is 0 Å². The summed E-state index contributed by atoms with van der Waals surface area (Å²) in [4.78, 5) is 0. The zero-order chi connectivity index (χ0) is 11.1. The van der Waals surface area contributed by atoms with Crippen LogP contribution in [0.25, 0.3) is 0 Å². The first-order valence-corrected chi connectivity index (χ1v) is 15.0. The van der Waals surface area contributed by atoms with E-state index in [0.717, 1.165) is 0 Å². The first kappa shape index (κ1) is 13.9. The zero-order valence-electron chi connectivity index (χ0n) is 11.1. The molecule has 0 aromatic rings. The molecule has 0 unspecified atom stereocenters. The van der Waals surface area contributed by atoms with Gasteiger partial charge in [-0.25, -0.2) is 0 Å². The van der Waals surface area contributed by atoms with Gasteiger partial charge in [-0.3, -0.25) is 0 Å². The zero-order valence-corrected chi connectivity index (χ0v) is 14.0. The topological polar surface area (TPSA) is 0 Å². The van der Waals surface area contributed by atoms with Crippen LogP contribution in [0.5, 0.6) is 0 Å². The van der Waals surface area contributed by atoms with Gasteiger partial charge in [0.05, 0.1) is 0 Å². The van der Waals surface area contributed by atoms with Gasteiger partial charge in [0.25, 0.3) is 0 Å². The standard InChI is InChI=1S/C6H11.C4H9.2C2H5.Sn/c1-2-4-6-5-3-1;1-3-4-2;2*1-2;/h1H,2-6H2;1,3-4H2,2H3;2*1H2,2H3;. The van der Waals surface area contributed by atoms with Crippen molar-refractivity contribution in [3.05, 3.63) is 0 Å². The van der Waals surface area contributed by atoms with Gasteiger partial charge in [-0.2, -0.15) is 0 Å². The van der Waals surface area contributed by atoms with Gasteiger partial charge in [-0.15, -0.1) is 0 Å². The molecule has 1 rings (SSSR count). The molecule has 0 amide bonds. The molecule has 0 atom stereocenters. The normalized spacial score (nSPS) is 19.4. The monoisotopic (exact) mass is 318 g/mol. The molecule has 0 saturated heterocycles. The summed E-state index contributed by atoms with van der Waals surface area (Å²) in [6, 6.07) is 0. The molecule has 90 valence electrons. The maximum absolute atomic E-state index is 2.52. The molecule has 1 fully saturated rings. The second kappa shape index (κ2) is 7.19. The van der Waals surface area contributed by atoms with Crippen LogP contribution in [0.15, 0.2) is 0 Å². The number of hydrogen-bond donors (Lipinski definition) is 0. The molecule has 0 radical (unpaired) electrons. The van der Waals surface area contributed by atoms with E-state index in [0.29, 0.717) is 0 Å². The third kappa shape index (κ3) is 3.64. The number of rotatable bonds is 6. The molecule has 0 heterocycles. The quantitative estimate of drug-likeness (QED) is 0.559. The van der Waals surface area contributed by atoms with E-state index in [2.05, 4.69) is 20.8 Å². The molecule has 0 aromatic heterocycles. The minimum atomic E-state index is -1.67. The van der Waals surface area contributed by atoms with Crippen LogP contribution in [-0.4, -0.2) is 18.4 Å². The Morgan fingerprint density at radius 3 is 2.00 bits per heavy atom. The molecule has 1 heteroatoms. The van der Waals surface area contributed by atoms with Crippen molar-refractivity contribution in [1.29, 1.82) is 0 Å². The van der Waals surface area contributed by atoms with E-state index < -0.39 is 18.4 Å². The summed E-state index contributed by atoms with van der Waals surface area (Å²) in [5.74, 6) is 0. The van der Waals surface area contributed by atoms with Crippen LogP contribution in [0, 0.1) is 0 Å². The molecule has 0 bridgehead atoms. The molecule has 1 aliphatic carbocycles. The summed E-state index contributed by atoms with van der Waals surface area (Å²) in [5.41, 5.74) is 0. The van der Waals surface area contributed by atoms with Crippen molar-refractivity contribution in [1.82, 2.24) is 0 Å². The predicted molar refractivity (Wildman–Crippen MR) is 73.3 cm³/mol. The summed E-state index contributed by atoms with van der Waals surface area (Å²) in [7, 11) is 0. The Morgan fingerprint density at radius 1 is 0.933 bits per heavy atom. The van der Waals surface area contributed by atoms with Gasteiger partial charge in [-0.05, 0) is 0 Å². The van der Waals surface area contributed by atoms with Crippen LogP contribution in [0.3, 0.4) is 0 Å². The Kier molecular flexibility index (Phi) is 6.64. The first-order chi connectivity index (χ1) is 7.29. The second-order valence-electron chi connectivity index (χ2n) is 5.51. The second-order valence-corrected chi connectivity index (χ2v) is 21.1. The van der Waals surface area contributed by atoms with Gasteiger partial charge in [-0.1, -0.05) is 0 Å². The van der Waals surface area contributed by atoms with Gasteiger partial charge in [0.2, 0.25) is 0 Å². The van der Waals surface area contributed by atoms with Crippen molar-refractivity contribution in [2.75, 3.05) is 0 Å². The average Bonchev–Trinajstić information content (AvgIpc) is 2.33. The Bertz CT molecular complexity index is 155. The van der Waals surface area contributed by atoms with Crippen LogP contribution in [0.4, 0.5) is 0 Å². The Hall–Kier alpha value is 0.799. The summed E-state index contributed by atoms with van der Waals surface area (Å²) >= 11 is -1.67. The fourth-order valence-corrected chi connectivity index (χ4v) is 19.2. The fraction of sp³-hybridized carbons (Fsp3) is 1.00. The molecule has 15 heavy (non-hydrogen) atoms. The molecule has 1 aliphatic rings. The molecule has 0 nitrogen and oxygen atoms in total. The SMILES string of the molecule is CCC[CH2][Sn]([CH2]C)([CH2]C)[CH]1CCCCC1. The minimum absolute atomic E-state index is 1.26. The van der Waals surface area contributed by atoms with E-state index in [9.17, 15) is 0 Å². The predicted octanol–water partition coefficient (Wildman–Crippen LogP) is 5.61. The van der Waals surface area contributed by atoms with Crippen molar-refractivity contribution in [3.8, 4) is 0 Å². The summed E-state index contributed by atoms with van der Waals surface area (Å²) in [5, 5.41) is 0. The van der Waals surface area contributed by atoms with Gasteiger partial charge < -0.3 is 0 Å². The molecule has 1 saturated carbocycles. The van der Waals surface area contributed by atoms with Crippen molar-refractivity contribution < 1.29 is 0 Å². The van der Waals surface area contributed by atoms with Crippen LogP contribution in [0.1, 0.15) is 65.7 Å². The molecule has 0 N–H and O–H groups in total. The van der Waals surface area contributed by atoms with Gasteiger partial charge >= 0.3 is 101 Å². The van der Waals surface area contributed by atoms with E-state index >= 15 is 0 Å². The third-order valence-corrected chi connectivity index (χ3v) is 23.4. The van der Waals surface area contributed by atoms with Crippen LogP contribution in [-0.2, 0) is 0 Å². The number of unbranched alkanes of at least 4 members (excludes halogenated alkanes) is 1. The number of hydrogen-bond acceptors (Lipinski definition) is 0. The summed E-state index contributed by atoms with van der Waals surface area (Å²) < 4.78 is 6.20. The van der Waals surface area contributed by atoms with Gasteiger partial charge in [0.1, 0.15) is 0 Å². The molecular formula is C14H30Sn. The van der Waals surface area contributed by atoms with E-state index in [4.69, 9.17) is 0 Å². The Morgan fingerprint density at radius 2 is 1.53 bits per heavy atom. The average molecular weight is 317 g/mol. The molecule has 0 aromatic carbocycles. The first-order valence-electron chi connectivity index (χ1n) is 7.29. The third-order valence-electron chi connectivity index (χ3n) is 4.91. The van der Waals surface area contributed by atoms with Crippen molar-refractivity contribution in [3.63, 3.8) is 0 Å². The van der Waals surface area contributed by atoms with Gasteiger partial charge in [0.15, 0.2) is 0 Å². The molecular weight excluding hydrogens is 287 g/mol. The van der Waals surface area contributed by atoms with E-state index in [1.54, 1.807) is 39.0 Å². The van der Waals surface area contributed by atoms with Crippen LogP contribution >= 0.6 is 0 Å². The van der Waals surface area contributed by atoms with Crippen molar-refractivity contribution >= 4 is 18.4 Å². The van der Waals surface area contributed by atoms with Crippen LogP contribution in [0.2, 0.25) is 17.2 Å². The molecule has 0 spiro atoms. The summed E-state index contributed by atoms with van der Waals surface area (Å²) in [6.07, 6.45) is 10.8. The summed E-state index contributed by atoms with van der Waals surface area (Å²) in [6.45, 7) is 7.40. The van der Waals surface area contributed by atoms with E-state index in [-0.39, 0.29) is 0 Å². The van der Waals surface area contributed by atoms with Crippen molar-refractivity contribution in [2.24, 2.45) is 0 Å². The molecule has 0 aliphatic heterocycles.